The molecule has 1 amide bonds. The van der Waals surface area contributed by atoms with Crippen molar-refractivity contribution in [3.05, 3.63) is 59.0 Å². The molecular formula is C13H10N2O3. The predicted octanol–water partition coefficient (Wildman–Crippen LogP) is 3.04. The smallest absolute Gasteiger partial charge is 0.255 e. The van der Waals surface area contributed by atoms with E-state index in [1.807, 2.05) is 6.07 Å². The normalized spacial score (nSPS) is 9.78. The average molecular weight is 242 g/mol. The van der Waals surface area contributed by atoms with Crippen LogP contribution in [0.2, 0.25) is 0 Å². The molecule has 90 valence electrons. The van der Waals surface area contributed by atoms with Crippen LogP contribution in [0.5, 0.6) is 5.75 Å². The first-order chi connectivity index (χ1) is 8.69. The number of para-hydroxylation sites is 1. The standard InChI is InChI=1S/C13H10N2O3/c16-12-7-9(6-11(8-12)15-18)13(17)14-10-4-2-1-3-5-10/h1-8,16H,(H,14,17). The largest absolute Gasteiger partial charge is 0.508 e. The number of amides is 1. The second-order valence-electron chi connectivity index (χ2n) is 3.65. The maximum atomic E-state index is 11.9. The predicted molar refractivity (Wildman–Crippen MR) is 68.0 cm³/mol. The molecule has 2 rings (SSSR count). The van der Waals surface area contributed by atoms with Gasteiger partial charge in [-0.2, -0.15) is 0 Å². The first-order valence-electron chi connectivity index (χ1n) is 5.23. The second-order valence-corrected chi connectivity index (χ2v) is 3.65. The van der Waals surface area contributed by atoms with Gasteiger partial charge in [-0.3, -0.25) is 4.79 Å². The molecule has 0 aliphatic heterocycles. The molecule has 5 nitrogen and oxygen atoms in total. The average Bonchev–Trinajstić information content (AvgIpc) is 2.39. The van der Waals surface area contributed by atoms with Crippen LogP contribution in [0, 0.1) is 4.91 Å². The molecule has 2 aromatic carbocycles. The maximum Gasteiger partial charge on any atom is 0.255 e. The molecule has 0 aliphatic carbocycles. The molecule has 0 saturated carbocycles. The van der Waals surface area contributed by atoms with Crippen LogP contribution >= 0.6 is 0 Å². The molecule has 2 aromatic rings. The van der Waals surface area contributed by atoms with Crippen molar-refractivity contribution < 1.29 is 9.90 Å². The molecule has 0 bridgehead atoms. The Morgan fingerprint density at radius 1 is 1.11 bits per heavy atom. The van der Waals surface area contributed by atoms with Crippen molar-refractivity contribution in [1.29, 1.82) is 0 Å². The molecule has 18 heavy (non-hydrogen) atoms. The Hall–Kier alpha value is -2.69. The molecule has 0 aliphatic rings. The highest BCUT2D eigenvalue weighted by Crippen LogP contribution is 2.22. The van der Waals surface area contributed by atoms with E-state index in [9.17, 15) is 14.8 Å². The van der Waals surface area contributed by atoms with E-state index < -0.39 is 5.91 Å². The number of aromatic hydroxyl groups is 1. The van der Waals surface area contributed by atoms with Crippen LogP contribution in [-0.2, 0) is 0 Å². The summed E-state index contributed by atoms with van der Waals surface area (Å²) in [5.74, 6) is -0.590. The number of nitrogens with one attached hydrogen (secondary N) is 1. The van der Waals surface area contributed by atoms with Crippen molar-refractivity contribution in [2.24, 2.45) is 5.18 Å². The number of carbonyl (C=O) groups excluding carboxylic acids is 1. The van der Waals surface area contributed by atoms with Crippen LogP contribution in [0.25, 0.3) is 0 Å². The van der Waals surface area contributed by atoms with Gasteiger partial charge in [0.1, 0.15) is 11.4 Å². The molecule has 0 heterocycles. The minimum Gasteiger partial charge on any atom is -0.508 e. The van der Waals surface area contributed by atoms with Gasteiger partial charge in [-0.05, 0) is 29.4 Å². The molecule has 5 heteroatoms. The quantitative estimate of drug-likeness (QED) is 0.812. The number of carbonyl (C=O) groups is 1. The third kappa shape index (κ3) is 2.70. The van der Waals surface area contributed by atoms with E-state index in [0.29, 0.717) is 5.69 Å². The van der Waals surface area contributed by atoms with Gasteiger partial charge in [0.15, 0.2) is 0 Å². The highest BCUT2D eigenvalue weighted by molar-refractivity contribution is 6.05. The number of rotatable bonds is 3. The van der Waals surface area contributed by atoms with E-state index >= 15 is 0 Å². The van der Waals surface area contributed by atoms with Gasteiger partial charge >= 0.3 is 0 Å². The molecular weight excluding hydrogens is 232 g/mol. The molecule has 0 unspecified atom stereocenters. The summed E-state index contributed by atoms with van der Waals surface area (Å²) < 4.78 is 0. The van der Waals surface area contributed by atoms with Gasteiger partial charge < -0.3 is 10.4 Å². The fourth-order valence-corrected chi connectivity index (χ4v) is 1.50. The lowest BCUT2D eigenvalue weighted by molar-refractivity contribution is 0.102. The van der Waals surface area contributed by atoms with Crippen LogP contribution in [0.3, 0.4) is 0 Å². The van der Waals surface area contributed by atoms with Gasteiger partial charge in [0.2, 0.25) is 0 Å². The lowest BCUT2D eigenvalue weighted by atomic mass is 10.1. The fraction of sp³-hybridized carbons (Fsp3) is 0. The molecule has 0 radical (unpaired) electrons. The Morgan fingerprint density at radius 2 is 1.83 bits per heavy atom. The van der Waals surface area contributed by atoms with Gasteiger partial charge in [0.05, 0.1) is 0 Å². The van der Waals surface area contributed by atoms with E-state index in [1.165, 1.54) is 18.2 Å². The lowest BCUT2D eigenvalue weighted by Crippen LogP contribution is -2.11. The van der Waals surface area contributed by atoms with Crippen molar-refractivity contribution >= 4 is 17.3 Å². The number of hydrogen-bond donors (Lipinski definition) is 2. The number of anilines is 1. The Kier molecular flexibility index (Phi) is 3.33. The van der Waals surface area contributed by atoms with Gasteiger partial charge in [-0.15, -0.1) is 4.91 Å². The number of benzene rings is 2. The first-order valence-corrected chi connectivity index (χ1v) is 5.23. The molecule has 0 spiro atoms. The van der Waals surface area contributed by atoms with Gasteiger partial charge in [0.25, 0.3) is 5.91 Å². The Labute approximate surface area is 103 Å². The number of hydrogen-bond acceptors (Lipinski definition) is 4. The maximum absolute atomic E-state index is 11.9. The topological polar surface area (TPSA) is 78.8 Å². The summed E-state index contributed by atoms with van der Waals surface area (Å²) in [5.41, 5.74) is 0.813. The summed E-state index contributed by atoms with van der Waals surface area (Å²) in [4.78, 5) is 22.3. The van der Waals surface area contributed by atoms with Gasteiger partial charge in [-0.1, -0.05) is 18.2 Å². The van der Waals surface area contributed by atoms with E-state index in [-0.39, 0.29) is 17.0 Å². The SMILES string of the molecule is O=Nc1cc(O)cc(C(=O)Nc2ccccc2)c1. The summed E-state index contributed by atoms with van der Waals surface area (Å²) >= 11 is 0. The van der Waals surface area contributed by atoms with Crippen LogP contribution in [0.4, 0.5) is 11.4 Å². The molecule has 2 N–H and O–H groups in total. The Bertz CT molecular complexity index is 582. The number of phenols is 1. The van der Waals surface area contributed by atoms with Crippen LogP contribution in [0.1, 0.15) is 10.4 Å². The van der Waals surface area contributed by atoms with E-state index in [1.54, 1.807) is 24.3 Å². The third-order valence-corrected chi connectivity index (χ3v) is 2.30. The van der Waals surface area contributed by atoms with Crippen molar-refractivity contribution in [1.82, 2.24) is 0 Å². The summed E-state index contributed by atoms with van der Waals surface area (Å²) in [6.07, 6.45) is 0. The van der Waals surface area contributed by atoms with Crippen molar-refractivity contribution in [3.63, 3.8) is 0 Å². The lowest BCUT2D eigenvalue weighted by Gasteiger charge is -2.05. The van der Waals surface area contributed by atoms with E-state index in [4.69, 9.17) is 0 Å². The number of nitroso groups, excluding NO2 is 1. The van der Waals surface area contributed by atoms with E-state index in [2.05, 4.69) is 10.5 Å². The fourth-order valence-electron chi connectivity index (χ4n) is 1.50. The minimum absolute atomic E-state index is 0.00760. The highest BCUT2D eigenvalue weighted by Gasteiger charge is 2.09. The zero-order valence-corrected chi connectivity index (χ0v) is 9.33. The molecule has 0 atom stereocenters. The zero-order valence-electron chi connectivity index (χ0n) is 9.33. The van der Waals surface area contributed by atoms with E-state index in [0.717, 1.165) is 0 Å². The van der Waals surface area contributed by atoms with Crippen molar-refractivity contribution in [3.8, 4) is 5.75 Å². The van der Waals surface area contributed by atoms with Crippen LogP contribution in [0.15, 0.2) is 53.7 Å². The highest BCUT2D eigenvalue weighted by atomic mass is 16.3. The minimum atomic E-state index is -0.415. The Balaban J connectivity index is 2.24. The van der Waals surface area contributed by atoms with Crippen molar-refractivity contribution in [2.75, 3.05) is 5.32 Å². The number of phenolic OH excluding ortho intramolecular Hbond substituents is 1. The molecule has 0 saturated heterocycles. The molecule has 0 aromatic heterocycles. The first kappa shape index (κ1) is 11.8. The van der Waals surface area contributed by atoms with Crippen molar-refractivity contribution in [2.45, 2.75) is 0 Å². The summed E-state index contributed by atoms with van der Waals surface area (Å²) in [7, 11) is 0. The number of nitrogens with zero attached hydrogens (tertiary/aromatic N) is 1. The zero-order chi connectivity index (χ0) is 13.0. The van der Waals surface area contributed by atoms with Gasteiger partial charge in [-0.25, -0.2) is 0 Å². The Morgan fingerprint density at radius 3 is 2.50 bits per heavy atom. The second kappa shape index (κ2) is 5.09. The molecule has 0 fully saturated rings. The van der Waals surface area contributed by atoms with Gasteiger partial charge in [0, 0.05) is 17.3 Å². The van der Waals surface area contributed by atoms with Crippen LogP contribution < -0.4 is 5.32 Å². The summed E-state index contributed by atoms with van der Waals surface area (Å²) in [5, 5.41) is 14.7. The van der Waals surface area contributed by atoms with Crippen LogP contribution in [-0.4, -0.2) is 11.0 Å². The summed E-state index contributed by atoms with van der Waals surface area (Å²) in [6, 6.07) is 12.6. The summed E-state index contributed by atoms with van der Waals surface area (Å²) in [6.45, 7) is 0. The third-order valence-electron chi connectivity index (χ3n) is 2.30. The monoisotopic (exact) mass is 242 g/mol.